The molecule has 0 atom stereocenters. The molecule has 15 aromatic rings. The van der Waals surface area contributed by atoms with E-state index in [1.54, 1.807) is 60.5 Å². The summed E-state index contributed by atoms with van der Waals surface area (Å²) in [5.74, 6) is 0. The molecular weight excluding hydrogens is 1320 g/mol. The van der Waals surface area contributed by atoms with Gasteiger partial charge in [0.05, 0.1) is 0 Å². The van der Waals surface area contributed by atoms with Gasteiger partial charge in [-0.1, -0.05) is 194 Å². The van der Waals surface area contributed by atoms with Gasteiger partial charge in [0.25, 0.3) is 0 Å². The summed E-state index contributed by atoms with van der Waals surface area (Å²) in [7, 11) is 9.71. The van der Waals surface area contributed by atoms with Crippen molar-refractivity contribution in [1.82, 2.24) is 0 Å². The van der Waals surface area contributed by atoms with E-state index in [0.717, 1.165) is 101 Å². The molecule has 109 heavy (non-hydrogen) atoms. The van der Waals surface area contributed by atoms with Crippen molar-refractivity contribution in [3.05, 3.63) is 388 Å². The average Bonchev–Trinajstić information content (AvgIpc) is 0.781. The van der Waals surface area contributed by atoms with E-state index in [1.165, 1.54) is 55.8 Å². The highest BCUT2D eigenvalue weighted by atomic mass is 14.9. The Morgan fingerprint density at radius 3 is 0.881 bits per heavy atom. The molecular formula is C104H108N5+5. The predicted molar refractivity (Wildman–Crippen MR) is 459 cm³/mol. The SMILES string of the molecule is Cc1cc(-c2cc(-c3ccccc3)c(C)cc2C)[n+](C)cc1C.[2H]C([2H])([2H])c1c[n+](C)c(-c2cc(-c3ccccc3)ccc2C)cc1C.[2H]C([2H])([2H])c1cc(C)c(-c2cccc[n+]2C)cc1-c1ccccc1.[2H]C([2H])([2H])c1ccc(-c2cc(-c3ccccc3)c(C([2H])([2H])[2H])cc2C)[n+](C)c1.[2H]C([2H])([2H])c1ccc(-c2cc(-c3ccccc3)ccc2C)[n+](C)c1. The van der Waals surface area contributed by atoms with Crippen molar-refractivity contribution >= 4 is 0 Å². The number of hydrogen-bond acceptors (Lipinski definition) is 0. The highest BCUT2D eigenvalue weighted by Gasteiger charge is 2.21. The van der Waals surface area contributed by atoms with Gasteiger partial charge >= 0.3 is 0 Å². The average molecular weight is 1440 g/mol. The molecule has 15 rings (SSSR count). The molecule has 5 nitrogen and oxygen atoms in total. The molecule has 0 bridgehead atoms. The molecule has 5 heterocycles. The number of aromatic nitrogens is 5. The fourth-order valence-electron chi connectivity index (χ4n) is 13.9. The molecule has 0 N–H and O–H groups in total. The second-order valence-corrected chi connectivity index (χ2v) is 28.3. The van der Waals surface area contributed by atoms with Crippen LogP contribution >= 0.6 is 0 Å². The Bertz CT molecular complexity index is 6300. The van der Waals surface area contributed by atoms with Crippen molar-refractivity contribution in [3.63, 3.8) is 0 Å². The molecule has 0 fully saturated rings. The Kier molecular flexibility index (Phi) is 19.6. The van der Waals surface area contributed by atoms with Crippen molar-refractivity contribution in [2.24, 2.45) is 35.2 Å². The van der Waals surface area contributed by atoms with E-state index in [0.29, 0.717) is 27.8 Å². The van der Waals surface area contributed by atoms with Crippen LogP contribution in [0.15, 0.2) is 310 Å². The van der Waals surface area contributed by atoms with Crippen LogP contribution in [0.5, 0.6) is 0 Å². The van der Waals surface area contributed by atoms with Crippen LogP contribution in [-0.4, -0.2) is 0 Å². The first-order valence-electron chi connectivity index (χ1n) is 44.3. The van der Waals surface area contributed by atoms with Gasteiger partial charge in [-0.25, -0.2) is 22.8 Å². The maximum Gasteiger partial charge on any atom is 0.212 e. The van der Waals surface area contributed by atoms with Crippen LogP contribution < -0.4 is 22.8 Å². The summed E-state index contributed by atoms with van der Waals surface area (Å²) >= 11 is 0. The van der Waals surface area contributed by atoms with E-state index < -0.39 is 34.3 Å². The summed E-state index contributed by atoms with van der Waals surface area (Å²) in [6.45, 7) is 7.85. The number of nitrogens with zero attached hydrogens (tertiary/aromatic N) is 5. The molecule has 0 aliphatic carbocycles. The van der Waals surface area contributed by atoms with Gasteiger partial charge in [-0.2, -0.15) is 0 Å². The lowest BCUT2D eigenvalue weighted by atomic mass is 9.93. The zero-order chi connectivity index (χ0) is 90.1. The molecule has 0 aliphatic heterocycles. The van der Waals surface area contributed by atoms with Crippen LogP contribution in [0.1, 0.15) is 98.4 Å². The van der Waals surface area contributed by atoms with Gasteiger partial charge in [0.15, 0.2) is 31.0 Å². The molecule has 10 aromatic carbocycles. The lowest BCUT2D eigenvalue weighted by Crippen LogP contribution is -2.31. The zero-order valence-electron chi connectivity index (χ0n) is 80.2. The van der Waals surface area contributed by atoms with E-state index in [-0.39, 0.29) is 5.56 Å². The van der Waals surface area contributed by atoms with Crippen LogP contribution in [-0.2, 0) is 35.2 Å². The molecule has 5 aromatic heterocycles. The lowest BCUT2D eigenvalue weighted by molar-refractivity contribution is -0.660. The summed E-state index contributed by atoms with van der Waals surface area (Å²) in [5.41, 5.74) is 32.9. The van der Waals surface area contributed by atoms with Crippen LogP contribution in [0.3, 0.4) is 0 Å². The highest BCUT2D eigenvalue weighted by Crippen LogP contribution is 2.36. The van der Waals surface area contributed by atoms with Gasteiger partial charge in [0, 0.05) is 107 Å². The van der Waals surface area contributed by atoms with E-state index in [4.69, 9.17) is 20.6 Å². The Hall–Kier alpha value is -12.1. The minimum Gasteiger partial charge on any atom is -0.201 e. The number of hydrogen-bond donors (Lipinski definition) is 0. The van der Waals surface area contributed by atoms with Gasteiger partial charge in [0.1, 0.15) is 35.2 Å². The molecule has 0 saturated heterocycles. The smallest absolute Gasteiger partial charge is 0.201 e. The quantitative estimate of drug-likeness (QED) is 0.122. The second-order valence-electron chi connectivity index (χ2n) is 28.3. The molecule has 0 amide bonds. The zero-order valence-corrected chi connectivity index (χ0v) is 65.2. The standard InChI is InChI=1S/C22H24N.2C21H22N.2C20H20N/c1-15-12-22(23(5)14-18(15)4)21-13-20(16(2)11-17(21)3)19-9-7-6-8-10-19;1-15-10-11-19(18-8-6-5-7-9-18)13-20(15)21-12-16(2)17(3)14-22(21)4;1-15-10-11-21(22(4)14-15)20-13-19(16(2)12-17(20)3)18-8-6-5-7-9-18;1-15-13-16(2)19(20-11-7-8-12-21(20)3)14-18(15)17-9-5-4-6-10-17;1-15-9-12-20(21(3)14-15)19-13-18(11-10-16(19)2)17-7-5-4-6-8-17/h6-14H,1-5H3;2*5-14H,1-4H3;2*4-14H,1-3H3/q5*+1/i;3D3;1D3,2D3;2*1D3. The second kappa shape index (κ2) is 35.6. The fourth-order valence-corrected chi connectivity index (χ4v) is 13.9. The fraction of sp³-hybridized carbons (Fsp3) is 0.183. The monoisotopic (exact) mass is 1440 g/mol. The first-order valence-corrected chi connectivity index (χ1v) is 36.8. The number of benzene rings is 10. The first kappa shape index (κ1) is 60.0. The summed E-state index contributed by atoms with van der Waals surface area (Å²) in [6.07, 6.45) is 9.23. The van der Waals surface area contributed by atoms with Gasteiger partial charge in [-0.15, -0.1) is 0 Å². The predicted octanol–water partition coefficient (Wildman–Crippen LogP) is 23.5. The van der Waals surface area contributed by atoms with Crippen molar-refractivity contribution in [2.75, 3.05) is 0 Å². The maximum absolute atomic E-state index is 7.94. The van der Waals surface area contributed by atoms with E-state index in [1.807, 2.05) is 201 Å². The molecule has 0 radical (unpaired) electrons. The number of rotatable bonds is 10. The summed E-state index contributed by atoms with van der Waals surface area (Å²) in [4.78, 5) is 0. The summed E-state index contributed by atoms with van der Waals surface area (Å²) < 4.78 is 126. The van der Waals surface area contributed by atoms with Gasteiger partial charge < -0.3 is 0 Å². The maximum atomic E-state index is 7.94. The lowest BCUT2D eigenvalue weighted by Gasteiger charge is -2.12. The van der Waals surface area contributed by atoms with Gasteiger partial charge in [-0.3, -0.25) is 0 Å². The topological polar surface area (TPSA) is 19.4 Å². The van der Waals surface area contributed by atoms with Crippen LogP contribution in [0, 0.1) is 96.6 Å². The molecule has 5 heteroatoms. The Morgan fingerprint density at radius 1 is 0.183 bits per heavy atom. The Balaban J connectivity index is 0.000000151. The minimum atomic E-state index is -2.23. The summed E-state index contributed by atoms with van der Waals surface area (Å²) in [6, 6.07) is 92.3. The number of aryl methyl sites for hydroxylation is 19. The Morgan fingerprint density at radius 2 is 0.495 bits per heavy atom. The summed E-state index contributed by atoms with van der Waals surface area (Å²) in [5, 5.41) is 0. The van der Waals surface area contributed by atoms with E-state index in [9.17, 15) is 0 Å². The van der Waals surface area contributed by atoms with Crippen LogP contribution in [0.25, 0.3) is 112 Å². The molecule has 0 saturated carbocycles. The van der Waals surface area contributed by atoms with E-state index in [2.05, 4.69) is 169 Å². The third kappa shape index (κ3) is 19.0. The largest absolute Gasteiger partial charge is 0.212 e. The first-order chi connectivity index (χ1) is 58.5. The van der Waals surface area contributed by atoms with Crippen molar-refractivity contribution < 1.29 is 43.4 Å². The third-order valence-electron chi connectivity index (χ3n) is 20.2. The van der Waals surface area contributed by atoms with Crippen LogP contribution in [0.2, 0.25) is 0 Å². The number of pyridine rings is 5. The van der Waals surface area contributed by atoms with Gasteiger partial charge in [0.2, 0.25) is 28.5 Å². The van der Waals surface area contributed by atoms with Crippen molar-refractivity contribution in [2.45, 2.75) is 96.6 Å². The Labute approximate surface area is 671 Å². The third-order valence-corrected chi connectivity index (χ3v) is 20.2. The highest BCUT2D eigenvalue weighted by molar-refractivity contribution is 5.80. The molecule has 0 unspecified atom stereocenters. The van der Waals surface area contributed by atoms with Crippen LogP contribution in [0.4, 0.5) is 0 Å². The minimum absolute atomic E-state index is 0.263. The normalized spacial score (nSPS) is 13.3. The molecule has 0 aliphatic rings. The molecule has 0 spiro atoms. The van der Waals surface area contributed by atoms with Crippen molar-refractivity contribution in [3.8, 4) is 112 Å². The molecule has 544 valence electrons. The van der Waals surface area contributed by atoms with Crippen molar-refractivity contribution in [1.29, 1.82) is 0 Å². The van der Waals surface area contributed by atoms with E-state index >= 15 is 0 Å². The van der Waals surface area contributed by atoms with Gasteiger partial charge in [-0.05, 0) is 256 Å².